The maximum Gasteiger partial charge on any atom is 0.151 e. The van der Waals surface area contributed by atoms with Gasteiger partial charge in [-0.15, -0.1) is 0 Å². The third-order valence-corrected chi connectivity index (χ3v) is 2.19. The van der Waals surface area contributed by atoms with Crippen molar-refractivity contribution in [3.8, 4) is 5.69 Å². The number of hydrogen-bond donors (Lipinski definition) is 1. The molecule has 13 heavy (non-hydrogen) atoms. The smallest absolute Gasteiger partial charge is 0.151 e. The molecule has 1 N–H and O–H groups in total. The van der Waals surface area contributed by atoms with Crippen molar-refractivity contribution >= 4 is 5.69 Å². The van der Waals surface area contributed by atoms with Crippen LogP contribution in [0.1, 0.15) is 5.82 Å². The largest absolute Gasteiger partial charge is 0.376 e. The molecule has 4 heteroatoms. The number of fused-ring (bicyclic) bond motifs is 3. The van der Waals surface area contributed by atoms with Crippen molar-refractivity contribution in [1.29, 1.82) is 0 Å². The minimum atomic E-state index is 0.747. The summed E-state index contributed by atoms with van der Waals surface area (Å²) in [6, 6.07) is 8.07. The molecule has 1 aromatic carbocycles. The molecular formula is C9H8N4. The standard InChI is InChI=1S/C9H8N4/c1-2-4-8-7(3-1)10-5-9-11-6-12-13(8)9/h1-4,6,10H,5H2. The minimum Gasteiger partial charge on any atom is -0.376 e. The van der Waals surface area contributed by atoms with Crippen molar-refractivity contribution in [2.24, 2.45) is 0 Å². The van der Waals surface area contributed by atoms with Crippen molar-refractivity contribution < 1.29 is 0 Å². The molecule has 0 spiro atoms. The van der Waals surface area contributed by atoms with E-state index in [0.29, 0.717) is 0 Å². The predicted octanol–water partition coefficient (Wildman–Crippen LogP) is 1.19. The summed E-state index contributed by atoms with van der Waals surface area (Å²) in [4.78, 5) is 4.14. The van der Waals surface area contributed by atoms with Crippen LogP contribution in [0.2, 0.25) is 0 Å². The van der Waals surface area contributed by atoms with Gasteiger partial charge in [0, 0.05) is 0 Å². The van der Waals surface area contributed by atoms with Crippen LogP contribution in [0.4, 0.5) is 5.69 Å². The fraction of sp³-hybridized carbons (Fsp3) is 0.111. The van der Waals surface area contributed by atoms with Crippen LogP contribution in [0.15, 0.2) is 30.6 Å². The van der Waals surface area contributed by atoms with Gasteiger partial charge < -0.3 is 5.32 Å². The zero-order valence-corrected chi connectivity index (χ0v) is 6.94. The lowest BCUT2D eigenvalue weighted by molar-refractivity contribution is 0.783. The first kappa shape index (κ1) is 6.65. The highest BCUT2D eigenvalue weighted by Crippen LogP contribution is 2.24. The number of para-hydroxylation sites is 2. The van der Waals surface area contributed by atoms with Crippen LogP contribution in [0.3, 0.4) is 0 Å². The molecule has 1 aliphatic rings. The second kappa shape index (κ2) is 2.32. The summed E-state index contributed by atoms with van der Waals surface area (Å²) >= 11 is 0. The quantitative estimate of drug-likeness (QED) is 0.649. The van der Waals surface area contributed by atoms with Gasteiger partial charge in [-0.2, -0.15) is 5.10 Å². The van der Waals surface area contributed by atoms with Crippen LogP contribution in [0.25, 0.3) is 5.69 Å². The van der Waals surface area contributed by atoms with Gasteiger partial charge >= 0.3 is 0 Å². The SMILES string of the molecule is c1ccc2c(c1)NCc1ncnn1-2. The van der Waals surface area contributed by atoms with Crippen LogP contribution in [0.5, 0.6) is 0 Å². The van der Waals surface area contributed by atoms with Crippen LogP contribution in [0, 0.1) is 0 Å². The monoisotopic (exact) mass is 172 g/mol. The lowest BCUT2D eigenvalue weighted by Gasteiger charge is -2.17. The van der Waals surface area contributed by atoms with Gasteiger partial charge in [-0.25, -0.2) is 9.67 Å². The van der Waals surface area contributed by atoms with Gasteiger partial charge in [-0.05, 0) is 12.1 Å². The van der Waals surface area contributed by atoms with Gasteiger partial charge in [0.2, 0.25) is 0 Å². The van der Waals surface area contributed by atoms with Crippen molar-refractivity contribution in [3.05, 3.63) is 36.4 Å². The molecule has 0 fully saturated rings. The Morgan fingerprint density at radius 1 is 1.31 bits per heavy atom. The summed E-state index contributed by atoms with van der Waals surface area (Å²) in [5.41, 5.74) is 2.18. The van der Waals surface area contributed by atoms with Crippen molar-refractivity contribution in [1.82, 2.24) is 14.8 Å². The number of nitrogens with zero attached hydrogens (tertiary/aromatic N) is 3. The molecule has 0 amide bonds. The van der Waals surface area contributed by atoms with Crippen molar-refractivity contribution in [2.75, 3.05) is 5.32 Å². The summed E-state index contributed by atoms with van der Waals surface area (Å²) in [5.74, 6) is 0.957. The Morgan fingerprint density at radius 3 is 3.23 bits per heavy atom. The summed E-state index contributed by atoms with van der Waals surface area (Å²) in [5, 5.41) is 7.45. The molecule has 0 saturated carbocycles. The molecule has 1 aromatic heterocycles. The third kappa shape index (κ3) is 0.853. The predicted molar refractivity (Wildman–Crippen MR) is 48.7 cm³/mol. The zero-order valence-electron chi connectivity index (χ0n) is 6.94. The van der Waals surface area contributed by atoms with Crippen LogP contribution in [-0.4, -0.2) is 14.8 Å². The third-order valence-electron chi connectivity index (χ3n) is 2.19. The van der Waals surface area contributed by atoms with E-state index in [0.717, 1.165) is 23.7 Å². The Labute approximate surface area is 75.2 Å². The molecule has 4 nitrogen and oxygen atoms in total. The van der Waals surface area contributed by atoms with E-state index in [4.69, 9.17) is 0 Å². The Hall–Kier alpha value is -1.84. The van der Waals surface area contributed by atoms with Crippen molar-refractivity contribution in [2.45, 2.75) is 6.54 Å². The molecule has 0 unspecified atom stereocenters. The Kier molecular flexibility index (Phi) is 1.19. The average molecular weight is 172 g/mol. The van der Waals surface area contributed by atoms with Gasteiger partial charge in [0.25, 0.3) is 0 Å². The number of benzene rings is 1. The summed E-state index contributed by atoms with van der Waals surface area (Å²) in [6.07, 6.45) is 1.58. The second-order valence-corrected chi connectivity index (χ2v) is 2.96. The van der Waals surface area contributed by atoms with E-state index >= 15 is 0 Å². The number of rotatable bonds is 0. The fourth-order valence-electron chi connectivity index (χ4n) is 1.57. The summed E-state index contributed by atoms with van der Waals surface area (Å²) < 4.78 is 1.87. The van der Waals surface area contributed by atoms with Gasteiger partial charge in [0.05, 0.1) is 17.9 Å². The molecule has 0 radical (unpaired) electrons. The molecule has 0 aliphatic carbocycles. The first-order valence-electron chi connectivity index (χ1n) is 4.17. The molecule has 2 heterocycles. The Balaban J connectivity index is 2.30. The van der Waals surface area contributed by atoms with Gasteiger partial charge in [-0.3, -0.25) is 0 Å². The second-order valence-electron chi connectivity index (χ2n) is 2.96. The molecule has 0 saturated heterocycles. The van der Waals surface area contributed by atoms with E-state index < -0.39 is 0 Å². The van der Waals surface area contributed by atoms with E-state index in [1.54, 1.807) is 6.33 Å². The van der Waals surface area contributed by atoms with Gasteiger partial charge in [-0.1, -0.05) is 12.1 Å². The van der Waals surface area contributed by atoms with E-state index in [1.807, 2.05) is 28.9 Å². The summed E-state index contributed by atoms with van der Waals surface area (Å²) in [6.45, 7) is 0.747. The Bertz CT molecular complexity index is 446. The normalized spacial score (nSPS) is 12.9. The van der Waals surface area contributed by atoms with Crippen LogP contribution >= 0.6 is 0 Å². The summed E-state index contributed by atoms with van der Waals surface area (Å²) in [7, 11) is 0. The first-order chi connectivity index (χ1) is 6.45. The molecule has 0 bridgehead atoms. The maximum atomic E-state index is 4.16. The van der Waals surface area contributed by atoms with Crippen LogP contribution < -0.4 is 5.32 Å². The zero-order chi connectivity index (χ0) is 8.67. The highest BCUT2D eigenvalue weighted by molar-refractivity contribution is 5.62. The number of nitrogens with one attached hydrogen (secondary N) is 1. The lowest BCUT2D eigenvalue weighted by atomic mass is 10.2. The Morgan fingerprint density at radius 2 is 2.23 bits per heavy atom. The lowest BCUT2D eigenvalue weighted by Crippen LogP contribution is -2.16. The fourth-order valence-corrected chi connectivity index (χ4v) is 1.57. The molecule has 3 rings (SSSR count). The van der Waals surface area contributed by atoms with E-state index in [-0.39, 0.29) is 0 Å². The molecule has 1 aliphatic heterocycles. The molecule has 0 atom stereocenters. The van der Waals surface area contributed by atoms with Gasteiger partial charge in [0.1, 0.15) is 6.33 Å². The van der Waals surface area contributed by atoms with E-state index in [1.165, 1.54) is 0 Å². The number of aromatic nitrogens is 3. The highest BCUT2D eigenvalue weighted by Gasteiger charge is 2.14. The van der Waals surface area contributed by atoms with Crippen LogP contribution in [-0.2, 0) is 6.54 Å². The van der Waals surface area contributed by atoms with Crippen molar-refractivity contribution in [3.63, 3.8) is 0 Å². The first-order valence-corrected chi connectivity index (χ1v) is 4.17. The molecule has 64 valence electrons. The highest BCUT2D eigenvalue weighted by atomic mass is 15.4. The minimum absolute atomic E-state index is 0.747. The van der Waals surface area contributed by atoms with E-state index in [2.05, 4.69) is 15.4 Å². The maximum absolute atomic E-state index is 4.16. The van der Waals surface area contributed by atoms with E-state index in [9.17, 15) is 0 Å². The van der Waals surface area contributed by atoms with Gasteiger partial charge in [0.15, 0.2) is 5.82 Å². The number of hydrogen-bond acceptors (Lipinski definition) is 3. The average Bonchev–Trinajstić information content (AvgIpc) is 2.65. The topological polar surface area (TPSA) is 42.7 Å². The molecule has 2 aromatic rings. The number of anilines is 1. The molecular weight excluding hydrogens is 164 g/mol.